The van der Waals surface area contributed by atoms with Crippen molar-refractivity contribution in [3.63, 3.8) is 0 Å². The highest BCUT2D eigenvalue weighted by atomic mass is 33.7. The lowest BCUT2D eigenvalue weighted by Crippen LogP contribution is -1.92. The van der Waals surface area contributed by atoms with Gasteiger partial charge >= 0.3 is 0 Å². The third kappa shape index (κ3) is 3.24. The van der Waals surface area contributed by atoms with Crippen LogP contribution in [0.5, 0.6) is 0 Å². The largest absolute Gasteiger partial charge is 0.225 e. The van der Waals surface area contributed by atoms with Crippen LogP contribution in [0, 0.1) is 0 Å². The summed E-state index contributed by atoms with van der Waals surface area (Å²) in [5, 5.41) is 0.640. The molecule has 11 heavy (non-hydrogen) atoms. The topological polar surface area (TPSA) is 38.7 Å². The van der Waals surface area contributed by atoms with Crippen molar-refractivity contribution in [2.75, 3.05) is 0 Å². The molecule has 0 aliphatic carbocycles. The van der Waals surface area contributed by atoms with Crippen molar-refractivity contribution in [3.8, 4) is 0 Å². The second-order valence-electron chi connectivity index (χ2n) is 1.30. The molecule has 1 aromatic heterocycles. The lowest BCUT2D eigenvalue weighted by atomic mass is 11.1. The molecule has 8 heteroatoms. The van der Waals surface area contributed by atoms with E-state index in [9.17, 15) is 0 Å². The Hall–Kier alpha value is 0.630. The molecule has 1 aromatic rings. The minimum absolute atomic E-state index is 0.409. The third-order valence-corrected chi connectivity index (χ3v) is 7.66. The summed E-state index contributed by atoms with van der Waals surface area (Å²) in [6.07, 6.45) is 2.89. The molecule has 1 heterocycles. The van der Waals surface area contributed by atoms with Gasteiger partial charge in [-0.3, -0.25) is 0 Å². The second kappa shape index (κ2) is 5.31. The number of nitrogens with zero attached hydrogens (tertiary/aromatic N) is 3. The smallest absolute Gasteiger partial charge is 0.205 e. The first kappa shape index (κ1) is 9.72. The van der Waals surface area contributed by atoms with Crippen molar-refractivity contribution in [3.05, 3.63) is 12.7 Å². The molecule has 0 aliphatic rings. The predicted octanol–water partition coefficient (Wildman–Crippen LogP) is 1.45. The first-order chi connectivity index (χ1) is 5.34. The Kier molecular flexibility index (Phi) is 4.69. The maximum Gasteiger partial charge on any atom is 0.205 e. The molecule has 0 amide bonds. The molecule has 0 bridgehead atoms. The summed E-state index contributed by atoms with van der Waals surface area (Å²) in [7, 11) is 2.37. The Morgan fingerprint density at radius 3 is 2.64 bits per heavy atom. The van der Waals surface area contributed by atoms with Gasteiger partial charge in [0.1, 0.15) is 12.7 Å². The number of aromatic nitrogens is 3. The molecule has 0 aliphatic heterocycles. The van der Waals surface area contributed by atoms with Gasteiger partial charge in [-0.1, -0.05) is 11.7 Å². The van der Waals surface area contributed by atoms with Crippen molar-refractivity contribution in [2.45, 2.75) is 5.16 Å². The fourth-order valence-electron chi connectivity index (χ4n) is 0.373. The Balaban J connectivity index is 2.69. The molecule has 3 nitrogen and oxygen atoms in total. The average Bonchev–Trinajstić information content (AvgIpc) is 2.07. The van der Waals surface area contributed by atoms with Gasteiger partial charge < -0.3 is 0 Å². The van der Waals surface area contributed by atoms with E-state index in [-0.39, 0.29) is 0 Å². The van der Waals surface area contributed by atoms with E-state index in [1.165, 1.54) is 32.3 Å². The summed E-state index contributed by atoms with van der Waals surface area (Å²) in [6, 6.07) is 0. The molecule has 0 radical (unpaired) electrons. The zero-order chi connectivity index (χ0) is 8.10. The Morgan fingerprint density at radius 1 is 1.45 bits per heavy atom. The van der Waals surface area contributed by atoms with Crippen molar-refractivity contribution in [1.29, 1.82) is 0 Å². The predicted molar refractivity (Wildman–Crippen MR) is 57.0 cm³/mol. The van der Waals surface area contributed by atoms with E-state index in [2.05, 4.69) is 26.6 Å². The van der Waals surface area contributed by atoms with Crippen LogP contribution >= 0.6 is 31.3 Å². The minimum atomic E-state index is -0.409. The molecule has 1 unspecified atom stereocenters. The van der Waals surface area contributed by atoms with E-state index in [1.54, 1.807) is 0 Å². The van der Waals surface area contributed by atoms with Crippen LogP contribution in [0.2, 0.25) is 0 Å². The maximum atomic E-state index is 5.07. The second-order valence-corrected chi connectivity index (χ2v) is 8.47. The fraction of sp³-hybridized carbons (Fsp3) is 0. The van der Waals surface area contributed by atoms with Crippen LogP contribution in [0.4, 0.5) is 0 Å². The molecular weight excluding hydrogens is 238 g/mol. The lowest BCUT2D eigenvalue weighted by Gasteiger charge is -1.96. The van der Waals surface area contributed by atoms with Gasteiger partial charge in [-0.15, -0.1) is 0 Å². The molecule has 0 saturated carbocycles. The monoisotopic (exact) mass is 241 g/mol. The molecule has 0 aromatic carbocycles. The summed E-state index contributed by atoms with van der Waals surface area (Å²) in [5.74, 6) is 0. The van der Waals surface area contributed by atoms with Crippen LogP contribution in [0.1, 0.15) is 0 Å². The zero-order valence-electron chi connectivity index (χ0n) is 5.08. The van der Waals surface area contributed by atoms with E-state index >= 15 is 0 Å². The number of hydrogen-bond donors (Lipinski definition) is 1. The van der Waals surface area contributed by atoms with Crippen molar-refractivity contribution < 1.29 is 0 Å². The summed E-state index contributed by atoms with van der Waals surface area (Å²) >= 11 is 9.03. The van der Waals surface area contributed by atoms with Crippen molar-refractivity contribution in [1.82, 2.24) is 15.0 Å². The molecule has 1 atom stereocenters. The third-order valence-electron chi connectivity index (χ3n) is 0.711. The Bertz CT molecular complexity index is 238. The SMILES string of the molecule is S=S(SSS)c1ncncn1. The molecule has 0 saturated heterocycles. The summed E-state index contributed by atoms with van der Waals surface area (Å²) in [5.41, 5.74) is 0. The molecule has 0 N–H and O–H groups in total. The van der Waals surface area contributed by atoms with Crippen LogP contribution in [-0.2, 0) is 19.7 Å². The van der Waals surface area contributed by atoms with Gasteiger partial charge in [0.15, 0.2) is 0 Å². The van der Waals surface area contributed by atoms with Gasteiger partial charge in [-0.25, -0.2) is 15.0 Å². The van der Waals surface area contributed by atoms with E-state index in [4.69, 9.17) is 11.2 Å². The van der Waals surface area contributed by atoms with Gasteiger partial charge in [0.05, 0.1) is 0 Å². The van der Waals surface area contributed by atoms with Gasteiger partial charge in [0.2, 0.25) is 5.16 Å². The van der Waals surface area contributed by atoms with Gasteiger partial charge in [-0.05, 0) is 30.8 Å². The van der Waals surface area contributed by atoms with Crippen molar-refractivity contribution >= 4 is 51.0 Å². The molecule has 0 spiro atoms. The number of hydrogen-bond acceptors (Lipinski definition) is 7. The highest BCUT2D eigenvalue weighted by Crippen LogP contribution is 2.31. The van der Waals surface area contributed by atoms with Gasteiger partial charge in [-0.2, -0.15) is 0 Å². The summed E-state index contributed by atoms with van der Waals surface area (Å²) in [6.45, 7) is 0. The van der Waals surface area contributed by atoms with Crippen molar-refractivity contribution in [2.24, 2.45) is 0 Å². The summed E-state index contributed by atoms with van der Waals surface area (Å²) in [4.78, 5) is 11.5. The van der Waals surface area contributed by atoms with Crippen LogP contribution in [0.25, 0.3) is 0 Å². The number of rotatable bonds is 3. The van der Waals surface area contributed by atoms with Crippen LogP contribution in [-0.4, -0.2) is 15.0 Å². The average molecular weight is 241 g/mol. The molecular formula is C3H3N3S5. The Morgan fingerprint density at radius 2 is 2.09 bits per heavy atom. The minimum Gasteiger partial charge on any atom is -0.225 e. The standard InChI is InChI=1S/C3H3N3S5/c7-9-10-11(8)3-5-1-4-2-6-3/h1-2,7H. The first-order valence-corrected chi connectivity index (χ1v) is 8.24. The molecule has 1 rings (SSSR count). The molecule has 60 valence electrons. The number of thiol groups is 1. The van der Waals surface area contributed by atoms with E-state index < -0.39 is 8.49 Å². The lowest BCUT2D eigenvalue weighted by molar-refractivity contribution is 0.905. The fourth-order valence-corrected chi connectivity index (χ4v) is 6.17. The van der Waals surface area contributed by atoms with Crippen LogP contribution in [0.3, 0.4) is 0 Å². The van der Waals surface area contributed by atoms with Crippen LogP contribution < -0.4 is 0 Å². The maximum absolute atomic E-state index is 5.07. The highest BCUT2D eigenvalue weighted by Gasteiger charge is 2.01. The Labute approximate surface area is 83.4 Å². The zero-order valence-corrected chi connectivity index (χ0v) is 9.24. The van der Waals surface area contributed by atoms with Gasteiger partial charge in [0.25, 0.3) is 0 Å². The highest BCUT2D eigenvalue weighted by molar-refractivity contribution is 9.24. The van der Waals surface area contributed by atoms with E-state index in [0.717, 1.165) is 0 Å². The summed E-state index contributed by atoms with van der Waals surface area (Å²) < 4.78 is 0. The van der Waals surface area contributed by atoms with Crippen LogP contribution in [0.15, 0.2) is 17.8 Å². The van der Waals surface area contributed by atoms with E-state index in [1.807, 2.05) is 0 Å². The normalized spacial score (nSPS) is 12.8. The van der Waals surface area contributed by atoms with Gasteiger partial charge in [0, 0.05) is 8.49 Å². The molecule has 0 fully saturated rings. The van der Waals surface area contributed by atoms with E-state index in [0.29, 0.717) is 5.16 Å². The quantitative estimate of drug-likeness (QED) is 0.638. The first-order valence-electron chi connectivity index (χ1n) is 2.37.